The van der Waals surface area contributed by atoms with Gasteiger partial charge in [-0.3, -0.25) is 4.79 Å². The lowest BCUT2D eigenvalue weighted by Crippen LogP contribution is -2.25. The SMILES string of the molecule is COc1ccc2c(Oc3ccc(/C=C/C(=O)N4CCCC4)cc3)c(-c3ccccc3)c(C)cc2c1. The molecule has 5 rings (SSSR count). The van der Waals surface area contributed by atoms with Crippen LogP contribution >= 0.6 is 0 Å². The molecule has 1 fully saturated rings. The Kier molecular flexibility index (Phi) is 6.53. The highest BCUT2D eigenvalue weighted by atomic mass is 16.5. The van der Waals surface area contributed by atoms with E-state index in [-0.39, 0.29) is 5.91 Å². The number of carbonyl (C=O) groups excluding carboxylic acids is 1. The molecule has 0 aliphatic carbocycles. The standard InChI is InChI=1S/C31H29NO3/c1-22-20-25-21-27(34-2)15-16-28(25)31(30(22)24-8-4-3-5-9-24)35-26-13-10-23(11-14-26)12-17-29(33)32-18-6-7-19-32/h3-5,8-17,20-21H,6-7,18-19H2,1-2H3/b17-12+. The molecule has 4 nitrogen and oxygen atoms in total. The number of methoxy groups -OCH3 is 1. The number of amides is 1. The summed E-state index contributed by atoms with van der Waals surface area (Å²) < 4.78 is 12.0. The van der Waals surface area contributed by atoms with Gasteiger partial charge in [0.1, 0.15) is 17.2 Å². The number of nitrogens with zero attached hydrogens (tertiary/aromatic N) is 1. The van der Waals surface area contributed by atoms with Crippen LogP contribution in [-0.4, -0.2) is 31.0 Å². The second-order valence-corrected chi connectivity index (χ2v) is 8.89. The Hall–Kier alpha value is -4.05. The average molecular weight is 464 g/mol. The van der Waals surface area contributed by atoms with Crippen LogP contribution in [0.25, 0.3) is 28.0 Å². The van der Waals surface area contributed by atoms with Crippen molar-refractivity contribution in [3.05, 3.63) is 96.1 Å². The molecule has 176 valence electrons. The van der Waals surface area contributed by atoms with Crippen LogP contribution in [0.3, 0.4) is 0 Å². The number of fused-ring (bicyclic) bond motifs is 1. The average Bonchev–Trinajstić information content (AvgIpc) is 3.43. The Morgan fingerprint density at radius 1 is 0.886 bits per heavy atom. The van der Waals surface area contributed by atoms with Crippen LogP contribution < -0.4 is 9.47 Å². The van der Waals surface area contributed by atoms with E-state index in [1.54, 1.807) is 13.2 Å². The third-order valence-electron chi connectivity index (χ3n) is 6.50. The molecule has 35 heavy (non-hydrogen) atoms. The predicted octanol–water partition coefficient (Wildman–Crippen LogP) is 7.25. The number of aryl methyl sites for hydroxylation is 1. The molecule has 4 aromatic rings. The maximum Gasteiger partial charge on any atom is 0.246 e. The second-order valence-electron chi connectivity index (χ2n) is 8.89. The van der Waals surface area contributed by atoms with Gasteiger partial charge in [0.15, 0.2) is 0 Å². The summed E-state index contributed by atoms with van der Waals surface area (Å²) in [5.74, 6) is 2.46. The summed E-state index contributed by atoms with van der Waals surface area (Å²) in [6.07, 6.45) is 5.72. The smallest absolute Gasteiger partial charge is 0.246 e. The van der Waals surface area contributed by atoms with E-state index in [1.807, 2.05) is 65.6 Å². The molecule has 0 bridgehead atoms. The number of ether oxygens (including phenoxy) is 2. The summed E-state index contributed by atoms with van der Waals surface area (Å²) in [5.41, 5.74) is 4.28. The van der Waals surface area contributed by atoms with E-state index in [2.05, 4.69) is 31.2 Å². The maximum absolute atomic E-state index is 12.3. The molecule has 0 aromatic heterocycles. The summed E-state index contributed by atoms with van der Waals surface area (Å²) in [7, 11) is 1.68. The van der Waals surface area contributed by atoms with Gasteiger partial charge in [0.2, 0.25) is 5.91 Å². The molecule has 0 atom stereocenters. The van der Waals surface area contributed by atoms with Gasteiger partial charge >= 0.3 is 0 Å². The molecule has 1 aliphatic heterocycles. The first-order valence-electron chi connectivity index (χ1n) is 12.0. The van der Waals surface area contributed by atoms with Crippen LogP contribution in [0.2, 0.25) is 0 Å². The van der Waals surface area contributed by atoms with Crippen LogP contribution in [0.1, 0.15) is 24.0 Å². The first-order valence-corrected chi connectivity index (χ1v) is 12.0. The Morgan fingerprint density at radius 3 is 2.31 bits per heavy atom. The van der Waals surface area contributed by atoms with E-state index in [9.17, 15) is 4.79 Å². The van der Waals surface area contributed by atoms with Crippen molar-refractivity contribution in [1.82, 2.24) is 4.90 Å². The van der Waals surface area contributed by atoms with Gasteiger partial charge in [-0.25, -0.2) is 0 Å². The summed E-state index contributed by atoms with van der Waals surface area (Å²) in [6.45, 7) is 3.82. The van der Waals surface area contributed by atoms with Crippen molar-refractivity contribution in [1.29, 1.82) is 0 Å². The highest BCUT2D eigenvalue weighted by molar-refractivity contribution is 5.97. The van der Waals surface area contributed by atoms with Gasteiger partial charge in [-0.05, 0) is 78.2 Å². The zero-order valence-corrected chi connectivity index (χ0v) is 20.2. The van der Waals surface area contributed by atoms with E-state index < -0.39 is 0 Å². The molecule has 0 N–H and O–H groups in total. The third kappa shape index (κ3) is 4.92. The molecule has 1 saturated heterocycles. The van der Waals surface area contributed by atoms with Gasteiger partial charge in [-0.2, -0.15) is 0 Å². The first-order chi connectivity index (χ1) is 17.1. The van der Waals surface area contributed by atoms with Crippen LogP contribution in [0.4, 0.5) is 0 Å². The molecule has 1 aliphatic rings. The van der Waals surface area contributed by atoms with Crippen molar-refractivity contribution in [3.63, 3.8) is 0 Å². The van der Waals surface area contributed by atoms with E-state index in [0.29, 0.717) is 0 Å². The van der Waals surface area contributed by atoms with Gasteiger partial charge in [-0.1, -0.05) is 48.5 Å². The lowest BCUT2D eigenvalue weighted by molar-refractivity contribution is -0.124. The lowest BCUT2D eigenvalue weighted by atomic mass is 9.94. The molecule has 1 heterocycles. The van der Waals surface area contributed by atoms with Crippen LogP contribution in [0.5, 0.6) is 17.2 Å². The summed E-state index contributed by atoms with van der Waals surface area (Å²) in [5, 5.41) is 2.09. The fraction of sp³-hybridized carbons (Fsp3) is 0.194. The topological polar surface area (TPSA) is 38.8 Å². The minimum atomic E-state index is 0.0805. The third-order valence-corrected chi connectivity index (χ3v) is 6.50. The van der Waals surface area contributed by atoms with Gasteiger partial charge in [0, 0.05) is 30.1 Å². The van der Waals surface area contributed by atoms with E-state index in [0.717, 1.165) is 76.2 Å². The van der Waals surface area contributed by atoms with E-state index >= 15 is 0 Å². The first kappa shape index (κ1) is 22.7. The van der Waals surface area contributed by atoms with Crippen molar-refractivity contribution >= 4 is 22.8 Å². The van der Waals surface area contributed by atoms with Crippen molar-refractivity contribution in [2.24, 2.45) is 0 Å². The van der Waals surface area contributed by atoms with Gasteiger partial charge in [0.25, 0.3) is 0 Å². The zero-order valence-electron chi connectivity index (χ0n) is 20.2. The number of benzene rings is 4. The number of carbonyl (C=O) groups is 1. The maximum atomic E-state index is 12.3. The molecular weight excluding hydrogens is 434 g/mol. The fourth-order valence-electron chi connectivity index (χ4n) is 4.66. The second kappa shape index (κ2) is 10.1. The Balaban J connectivity index is 1.48. The monoisotopic (exact) mass is 463 g/mol. The lowest BCUT2D eigenvalue weighted by Gasteiger charge is -2.18. The van der Waals surface area contributed by atoms with Crippen molar-refractivity contribution in [2.75, 3.05) is 20.2 Å². The van der Waals surface area contributed by atoms with Crippen molar-refractivity contribution in [3.8, 4) is 28.4 Å². The van der Waals surface area contributed by atoms with Crippen LogP contribution in [0, 0.1) is 6.92 Å². The molecular formula is C31H29NO3. The van der Waals surface area contributed by atoms with Gasteiger partial charge < -0.3 is 14.4 Å². The largest absolute Gasteiger partial charge is 0.497 e. The van der Waals surface area contributed by atoms with Gasteiger partial charge in [0.05, 0.1) is 7.11 Å². The van der Waals surface area contributed by atoms with E-state index in [4.69, 9.17) is 9.47 Å². The van der Waals surface area contributed by atoms with Crippen LogP contribution in [-0.2, 0) is 4.79 Å². The molecule has 4 aromatic carbocycles. The minimum absolute atomic E-state index is 0.0805. The summed E-state index contributed by atoms with van der Waals surface area (Å²) >= 11 is 0. The highest BCUT2D eigenvalue weighted by Gasteiger charge is 2.17. The Bertz CT molecular complexity index is 1370. The summed E-state index contributed by atoms with van der Waals surface area (Å²) in [4.78, 5) is 14.2. The number of hydrogen-bond donors (Lipinski definition) is 0. The number of rotatable bonds is 6. The highest BCUT2D eigenvalue weighted by Crippen LogP contribution is 2.42. The fourth-order valence-corrected chi connectivity index (χ4v) is 4.66. The molecule has 0 spiro atoms. The minimum Gasteiger partial charge on any atom is -0.497 e. The summed E-state index contributed by atoms with van der Waals surface area (Å²) in [6, 6.07) is 26.4. The zero-order chi connectivity index (χ0) is 24.2. The van der Waals surface area contributed by atoms with Crippen LogP contribution in [0.15, 0.2) is 84.9 Å². The quantitative estimate of drug-likeness (QED) is 0.283. The molecule has 0 saturated carbocycles. The van der Waals surface area contributed by atoms with Crippen molar-refractivity contribution < 1.29 is 14.3 Å². The number of hydrogen-bond acceptors (Lipinski definition) is 3. The van der Waals surface area contributed by atoms with E-state index in [1.165, 1.54) is 0 Å². The predicted molar refractivity (Wildman–Crippen MR) is 142 cm³/mol. The molecule has 1 amide bonds. The Labute approximate surface area is 206 Å². The van der Waals surface area contributed by atoms with Gasteiger partial charge in [-0.15, -0.1) is 0 Å². The molecule has 0 unspecified atom stereocenters. The van der Waals surface area contributed by atoms with Crippen molar-refractivity contribution in [2.45, 2.75) is 19.8 Å². The molecule has 0 radical (unpaired) electrons. The molecule has 4 heteroatoms. The Morgan fingerprint density at radius 2 is 1.60 bits per heavy atom. The normalized spacial score (nSPS) is 13.5. The number of likely N-dealkylation sites (tertiary alicyclic amines) is 1.